The van der Waals surface area contributed by atoms with Crippen LogP contribution in [-0.2, 0) is 11.2 Å². The standard InChI is InChI=1S/C14H18N2OS/c1-9(11-7-15-8-11)14(17)16-5-3-13-12(10(16)2)4-6-18-13/h4,6,10,15H,3,5,7-8H2,1-2H3. The molecule has 1 aromatic rings. The lowest BCUT2D eigenvalue weighted by Crippen LogP contribution is -2.42. The predicted octanol–water partition coefficient (Wildman–Crippen LogP) is 2.11. The van der Waals surface area contributed by atoms with Gasteiger partial charge in [-0.15, -0.1) is 11.3 Å². The third-order valence-corrected chi connectivity index (χ3v) is 5.06. The Morgan fingerprint density at radius 3 is 2.94 bits per heavy atom. The van der Waals surface area contributed by atoms with Crippen LogP contribution in [0.3, 0.4) is 0 Å². The lowest BCUT2D eigenvalue weighted by atomic mass is 9.98. The van der Waals surface area contributed by atoms with Gasteiger partial charge in [0.05, 0.1) is 6.04 Å². The summed E-state index contributed by atoms with van der Waals surface area (Å²) in [6.45, 7) is 6.71. The number of rotatable bonds is 1. The highest BCUT2D eigenvalue weighted by Gasteiger charge is 2.30. The summed E-state index contributed by atoms with van der Waals surface area (Å²) in [6, 6.07) is 2.38. The molecule has 1 unspecified atom stereocenters. The molecule has 18 heavy (non-hydrogen) atoms. The topological polar surface area (TPSA) is 32.3 Å². The van der Waals surface area contributed by atoms with Crippen molar-refractivity contribution in [1.82, 2.24) is 10.2 Å². The molecule has 1 saturated heterocycles. The molecular weight excluding hydrogens is 244 g/mol. The van der Waals surface area contributed by atoms with E-state index >= 15 is 0 Å². The van der Waals surface area contributed by atoms with Gasteiger partial charge in [-0.25, -0.2) is 0 Å². The Bertz CT molecular complexity index is 512. The average Bonchev–Trinajstić information content (AvgIpc) is 2.75. The summed E-state index contributed by atoms with van der Waals surface area (Å²) in [4.78, 5) is 16.0. The van der Waals surface area contributed by atoms with Gasteiger partial charge in [-0.2, -0.15) is 0 Å². The first kappa shape index (κ1) is 11.9. The van der Waals surface area contributed by atoms with Crippen molar-refractivity contribution in [3.8, 4) is 0 Å². The van der Waals surface area contributed by atoms with Crippen molar-refractivity contribution in [2.45, 2.75) is 26.3 Å². The lowest BCUT2D eigenvalue weighted by molar-refractivity contribution is -0.129. The number of carbonyl (C=O) groups excluding carboxylic acids is 1. The van der Waals surface area contributed by atoms with Gasteiger partial charge < -0.3 is 10.2 Å². The molecule has 0 radical (unpaired) electrons. The molecule has 96 valence electrons. The Morgan fingerprint density at radius 1 is 1.50 bits per heavy atom. The molecule has 1 N–H and O–H groups in total. The second-order valence-electron chi connectivity index (χ2n) is 5.06. The lowest BCUT2D eigenvalue weighted by Gasteiger charge is -2.35. The maximum Gasteiger partial charge on any atom is 0.250 e. The van der Waals surface area contributed by atoms with E-state index in [0.717, 1.165) is 31.6 Å². The Balaban J connectivity index is 1.84. The highest BCUT2D eigenvalue weighted by molar-refractivity contribution is 7.10. The van der Waals surface area contributed by atoms with Gasteiger partial charge in [0, 0.05) is 30.1 Å². The van der Waals surface area contributed by atoms with E-state index in [-0.39, 0.29) is 11.9 Å². The third kappa shape index (κ3) is 1.80. The minimum atomic E-state index is 0.218. The maximum absolute atomic E-state index is 12.5. The van der Waals surface area contributed by atoms with Gasteiger partial charge in [0.25, 0.3) is 0 Å². The first-order valence-electron chi connectivity index (χ1n) is 6.45. The van der Waals surface area contributed by atoms with Crippen LogP contribution < -0.4 is 5.32 Å². The summed E-state index contributed by atoms with van der Waals surface area (Å²) in [7, 11) is 0. The SMILES string of the molecule is CC(C(=O)N1CCc2sccc2C1C)=C1CNC1. The fourth-order valence-electron chi connectivity index (χ4n) is 2.67. The summed E-state index contributed by atoms with van der Waals surface area (Å²) in [6.07, 6.45) is 1.00. The van der Waals surface area contributed by atoms with Crippen LogP contribution in [0.1, 0.15) is 30.3 Å². The smallest absolute Gasteiger partial charge is 0.250 e. The quantitative estimate of drug-likeness (QED) is 0.786. The molecule has 3 rings (SSSR count). The molecule has 3 heterocycles. The largest absolute Gasteiger partial charge is 0.332 e. The second kappa shape index (κ2) is 4.52. The molecular formula is C14H18N2OS. The monoisotopic (exact) mass is 262 g/mol. The van der Waals surface area contributed by atoms with Crippen molar-refractivity contribution < 1.29 is 4.79 Å². The van der Waals surface area contributed by atoms with Crippen molar-refractivity contribution >= 4 is 17.2 Å². The minimum absolute atomic E-state index is 0.218. The van der Waals surface area contributed by atoms with E-state index in [0.29, 0.717) is 0 Å². The number of nitrogens with zero attached hydrogens (tertiary/aromatic N) is 1. The molecule has 0 bridgehead atoms. The molecule has 2 aliphatic rings. The Kier molecular flexibility index (Phi) is 2.99. The van der Waals surface area contributed by atoms with Crippen LogP contribution in [-0.4, -0.2) is 30.4 Å². The maximum atomic E-state index is 12.5. The van der Waals surface area contributed by atoms with E-state index in [2.05, 4.69) is 23.7 Å². The number of hydrogen-bond donors (Lipinski definition) is 1. The van der Waals surface area contributed by atoms with Gasteiger partial charge in [0.15, 0.2) is 0 Å². The highest BCUT2D eigenvalue weighted by atomic mass is 32.1. The molecule has 0 spiro atoms. The fraction of sp³-hybridized carbons (Fsp3) is 0.500. The van der Waals surface area contributed by atoms with E-state index < -0.39 is 0 Å². The van der Waals surface area contributed by atoms with Gasteiger partial charge in [-0.1, -0.05) is 0 Å². The molecule has 0 aromatic carbocycles. The van der Waals surface area contributed by atoms with E-state index in [9.17, 15) is 4.79 Å². The third-order valence-electron chi connectivity index (χ3n) is 4.07. The van der Waals surface area contributed by atoms with Crippen LogP contribution in [0.2, 0.25) is 0 Å². The van der Waals surface area contributed by atoms with Gasteiger partial charge in [-0.3, -0.25) is 4.79 Å². The first-order chi connectivity index (χ1) is 8.68. The number of thiophene rings is 1. The van der Waals surface area contributed by atoms with Gasteiger partial charge >= 0.3 is 0 Å². The van der Waals surface area contributed by atoms with E-state index in [1.165, 1.54) is 16.0 Å². The normalized spacial score (nSPS) is 22.4. The zero-order valence-corrected chi connectivity index (χ0v) is 11.6. The van der Waals surface area contributed by atoms with E-state index in [4.69, 9.17) is 0 Å². The summed E-state index contributed by atoms with van der Waals surface area (Å²) in [5.74, 6) is 0.218. The number of nitrogens with one attached hydrogen (secondary N) is 1. The Labute approximate surface area is 111 Å². The Hall–Kier alpha value is -1.13. The molecule has 1 fully saturated rings. The van der Waals surface area contributed by atoms with Gasteiger partial charge in [0.2, 0.25) is 5.91 Å². The molecule has 3 nitrogen and oxygen atoms in total. The zero-order valence-electron chi connectivity index (χ0n) is 10.8. The summed E-state index contributed by atoms with van der Waals surface area (Å²) >= 11 is 1.81. The van der Waals surface area contributed by atoms with Crippen LogP contribution in [0.25, 0.3) is 0 Å². The van der Waals surface area contributed by atoms with E-state index in [1.807, 2.05) is 23.2 Å². The zero-order chi connectivity index (χ0) is 12.7. The summed E-state index contributed by atoms with van der Waals surface area (Å²) in [5, 5.41) is 5.33. The molecule has 1 atom stereocenters. The Morgan fingerprint density at radius 2 is 2.28 bits per heavy atom. The van der Waals surface area contributed by atoms with Crippen molar-refractivity contribution in [1.29, 1.82) is 0 Å². The molecule has 0 saturated carbocycles. The molecule has 1 amide bonds. The van der Waals surface area contributed by atoms with Crippen LogP contribution in [0, 0.1) is 0 Å². The van der Waals surface area contributed by atoms with Crippen molar-refractivity contribution in [3.05, 3.63) is 33.0 Å². The number of amides is 1. The number of fused-ring (bicyclic) bond motifs is 1. The highest BCUT2D eigenvalue weighted by Crippen LogP contribution is 2.33. The van der Waals surface area contributed by atoms with Crippen LogP contribution >= 0.6 is 11.3 Å². The first-order valence-corrected chi connectivity index (χ1v) is 7.33. The van der Waals surface area contributed by atoms with Crippen LogP contribution in [0.5, 0.6) is 0 Å². The molecule has 4 heteroatoms. The average molecular weight is 262 g/mol. The number of hydrogen-bond acceptors (Lipinski definition) is 3. The summed E-state index contributed by atoms with van der Waals surface area (Å²) < 4.78 is 0. The van der Waals surface area contributed by atoms with E-state index in [1.54, 1.807) is 0 Å². The fourth-order valence-corrected chi connectivity index (χ4v) is 3.63. The van der Waals surface area contributed by atoms with Crippen molar-refractivity contribution in [2.75, 3.05) is 19.6 Å². The number of carbonyl (C=O) groups is 1. The summed E-state index contributed by atoms with van der Waals surface area (Å²) in [5.41, 5.74) is 3.55. The molecule has 2 aliphatic heterocycles. The second-order valence-corrected chi connectivity index (χ2v) is 6.06. The molecule has 1 aromatic heterocycles. The van der Waals surface area contributed by atoms with Crippen molar-refractivity contribution in [2.24, 2.45) is 0 Å². The van der Waals surface area contributed by atoms with Gasteiger partial charge in [0.1, 0.15) is 0 Å². The van der Waals surface area contributed by atoms with Crippen LogP contribution in [0.4, 0.5) is 0 Å². The molecule has 0 aliphatic carbocycles. The van der Waals surface area contributed by atoms with Crippen LogP contribution in [0.15, 0.2) is 22.6 Å². The van der Waals surface area contributed by atoms with Crippen molar-refractivity contribution in [3.63, 3.8) is 0 Å². The van der Waals surface area contributed by atoms with Gasteiger partial charge in [-0.05, 0) is 42.9 Å². The predicted molar refractivity (Wildman–Crippen MR) is 73.7 cm³/mol. The minimum Gasteiger partial charge on any atom is -0.332 e.